The summed E-state index contributed by atoms with van der Waals surface area (Å²) in [6, 6.07) is 5.06. The number of fused-ring (bicyclic) bond motifs is 1. The topological polar surface area (TPSA) is 108 Å². The summed E-state index contributed by atoms with van der Waals surface area (Å²) in [5.41, 5.74) is 2.29. The summed E-state index contributed by atoms with van der Waals surface area (Å²) in [5.74, 6) is 0.0171. The summed E-state index contributed by atoms with van der Waals surface area (Å²) < 4.78 is 0. The third kappa shape index (κ3) is 4.15. The van der Waals surface area contributed by atoms with Gasteiger partial charge in [-0.2, -0.15) is 0 Å². The first kappa shape index (κ1) is 21.8. The van der Waals surface area contributed by atoms with Gasteiger partial charge in [-0.05, 0) is 50.4 Å². The minimum atomic E-state index is -1.08. The van der Waals surface area contributed by atoms with E-state index in [1.807, 2.05) is 18.2 Å². The average Bonchev–Trinajstić information content (AvgIpc) is 3.05. The summed E-state index contributed by atoms with van der Waals surface area (Å²) in [6.45, 7) is 7.33. The van der Waals surface area contributed by atoms with Gasteiger partial charge in [0.25, 0.3) is 0 Å². The Morgan fingerprint density at radius 3 is 2.38 bits per heavy atom. The highest BCUT2D eigenvalue weighted by Crippen LogP contribution is 2.43. The third-order valence-corrected chi connectivity index (χ3v) is 7.47. The van der Waals surface area contributed by atoms with Crippen molar-refractivity contribution < 1.29 is 19.8 Å². The molecular weight excluding hydrogens is 410 g/mol. The van der Waals surface area contributed by atoms with E-state index in [9.17, 15) is 19.8 Å². The molecule has 32 heavy (non-hydrogen) atoms. The van der Waals surface area contributed by atoms with Crippen LogP contribution in [0.15, 0.2) is 18.2 Å². The highest BCUT2D eigenvalue weighted by Gasteiger charge is 2.45. The number of piperazine rings is 1. The predicted octanol–water partition coefficient (Wildman–Crippen LogP) is -0.0892. The van der Waals surface area contributed by atoms with Gasteiger partial charge in [0.1, 0.15) is 12.5 Å². The van der Waals surface area contributed by atoms with Gasteiger partial charge in [0.15, 0.2) is 0 Å². The van der Waals surface area contributed by atoms with Crippen LogP contribution in [0.2, 0.25) is 0 Å². The second-order valence-electron chi connectivity index (χ2n) is 9.46. The first-order chi connectivity index (χ1) is 15.5. The molecule has 0 aromatic heterocycles. The normalized spacial score (nSPS) is 30.4. The zero-order valence-corrected chi connectivity index (χ0v) is 18.4. The highest BCUT2D eigenvalue weighted by molar-refractivity contribution is 6.00. The fraction of sp³-hybridized carbons (Fsp3) is 0.652. The molecule has 4 aliphatic heterocycles. The lowest BCUT2D eigenvalue weighted by molar-refractivity contribution is -0.154. The molecule has 0 spiro atoms. The molecule has 3 fully saturated rings. The zero-order valence-electron chi connectivity index (χ0n) is 18.4. The monoisotopic (exact) mass is 443 g/mol. The van der Waals surface area contributed by atoms with Crippen LogP contribution < -0.4 is 15.5 Å². The Morgan fingerprint density at radius 1 is 0.938 bits per heavy atom. The van der Waals surface area contributed by atoms with Crippen molar-refractivity contribution in [2.75, 3.05) is 50.7 Å². The standard InChI is InChI=1S/C23H33N5O4/c29-20-4-3-19(21(30)25-20)28-22(31)17-2-1-16(13-18(17)23(28)32)27-11-9-26(10-12-27)14-15-5-7-24-8-6-15/h1-2,13,15,19,22-24,31-32H,3-12,14H2,(H,25,29,30). The van der Waals surface area contributed by atoms with Crippen LogP contribution in [0.1, 0.15) is 49.3 Å². The van der Waals surface area contributed by atoms with Crippen molar-refractivity contribution in [3.05, 3.63) is 29.3 Å². The molecule has 0 bridgehead atoms. The zero-order chi connectivity index (χ0) is 22.2. The van der Waals surface area contributed by atoms with Crippen LogP contribution in [0, 0.1) is 5.92 Å². The SMILES string of the molecule is O=C1CCC(N2C(O)c3ccc(N4CCN(CC5CCNCC5)CC4)cc3C2O)C(=O)N1. The number of anilines is 1. The van der Waals surface area contributed by atoms with Crippen LogP contribution in [0.3, 0.4) is 0 Å². The van der Waals surface area contributed by atoms with Gasteiger partial charge in [-0.3, -0.25) is 19.8 Å². The molecule has 9 heteroatoms. The van der Waals surface area contributed by atoms with Crippen LogP contribution >= 0.6 is 0 Å². The van der Waals surface area contributed by atoms with E-state index in [-0.39, 0.29) is 12.3 Å². The number of nitrogens with zero attached hydrogens (tertiary/aromatic N) is 3. The van der Waals surface area contributed by atoms with Gasteiger partial charge in [-0.15, -0.1) is 0 Å². The molecule has 1 aromatic carbocycles. The van der Waals surface area contributed by atoms with Crippen molar-refractivity contribution in [3.63, 3.8) is 0 Å². The van der Waals surface area contributed by atoms with E-state index in [4.69, 9.17) is 0 Å². The molecule has 5 rings (SSSR count). The van der Waals surface area contributed by atoms with Gasteiger partial charge >= 0.3 is 0 Å². The molecule has 0 aliphatic carbocycles. The molecule has 1 aromatic rings. The maximum absolute atomic E-state index is 12.3. The number of carbonyl (C=O) groups is 2. The van der Waals surface area contributed by atoms with Crippen molar-refractivity contribution in [1.29, 1.82) is 0 Å². The van der Waals surface area contributed by atoms with E-state index in [0.717, 1.165) is 50.9 Å². The summed E-state index contributed by atoms with van der Waals surface area (Å²) in [6.07, 6.45) is 0.864. The number of benzene rings is 1. The van der Waals surface area contributed by atoms with Crippen LogP contribution in [0.25, 0.3) is 0 Å². The summed E-state index contributed by atoms with van der Waals surface area (Å²) >= 11 is 0. The Labute approximate surface area is 188 Å². The number of carbonyl (C=O) groups excluding carboxylic acids is 2. The Balaban J connectivity index is 1.24. The lowest BCUT2D eigenvalue weighted by Crippen LogP contribution is -2.52. The van der Waals surface area contributed by atoms with E-state index in [1.165, 1.54) is 24.3 Å². The van der Waals surface area contributed by atoms with E-state index < -0.39 is 24.4 Å². The molecule has 4 heterocycles. The van der Waals surface area contributed by atoms with E-state index in [2.05, 4.69) is 20.4 Å². The Bertz CT molecular complexity index is 866. The molecule has 4 aliphatic rings. The predicted molar refractivity (Wildman–Crippen MR) is 119 cm³/mol. The van der Waals surface area contributed by atoms with Gasteiger partial charge in [-0.25, -0.2) is 4.90 Å². The lowest BCUT2D eigenvalue weighted by Gasteiger charge is -2.38. The van der Waals surface area contributed by atoms with Crippen molar-refractivity contribution >= 4 is 17.5 Å². The van der Waals surface area contributed by atoms with Gasteiger partial charge in [0.2, 0.25) is 11.8 Å². The number of hydrogen-bond donors (Lipinski definition) is 4. The van der Waals surface area contributed by atoms with Gasteiger partial charge in [0.05, 0.1) is 6.04 Å². The van der Waals surface area contributed by atoms with Crippen LogP contribution in [-0.4, -0.2) is 83.7 Å². The molecule has 0 radical (unpaired) electrons. The van der Waals surface area contributed by atoms with Gasteiger partial charge in [-0.1, -0.05) is 6.07 Å². The van der Waals surface area contributed by atoms with Crippen molar-refractivity contribution in [3.8, 4) is 0 Å². The van der Waals surface area contributed by atoms with Crippen LogP contribution in [0.4, 0.5) is 5.69 Å². The van der Waals surface area contributed by atoms with E-state index in [1.54, 1.807) is 0 Å². The minimum Gasteiger partial charge on any atom is -0.374 e. The van der Waals surface area contributed by atoms with E-state index >= 15 is 0 Å². The fourth-order valence-corrected chi connectivity index (χ4v) is 5.60. The van der Waals surface area contributed by atoms with Crippen molar-refractivity contribution in [2.24, 2.45) is 5.92 Å². The van der Waals surface area contributed by atoms with Gasteiger partial charge in [0, 0.05) is 56.0 Å². The number of amides is 2. The first-order valence-electron chi connectivity index (χ1n) is 11.8. The summed E-state index contributed by atoms with van der Waals surface area (Å²) in [4.78, 5) is 30.1. The number of rotatable bonds is 4. The lowest BCUT2D eigenvalue weighted by atomic mass is 9.97. The first-order valence-corrected chi connectivity index (χ1v) is 11.8. The minimum absolute atomic E-state index is 0.204. The van der Waals surface area contributed by atoms with Gasteiger partial charge < -0.3 is 20.4 Å². The Hall–Kier alpha value is -2.04. The third-order valence-electron chi connectivity index (χ3n) is 7.47. The molecule has 9 nitrogen and oxygen atoms in total. The fourth-order valence-electron chi connectivity index (χ4n) is 5.60. The number of imide groups is 1. The second-order valence-corrected chi connectivity index (χ2v) is 9.46. The number of aliphatic hydroxyl groups is 2. The molecule has 3 saturated heterocycles. The molecule has 2 amide bonds. The molecule has 174 valence electrons. The maximum Gasteiger partial charge on any atom is 0.244 e. The summed E-state index contributed by atoms with van der Waals surface area (Å²) in [5, 5.41) is 27.5. The Kier molecular flexibility index (Phi) is 6.18. The maximum atomic E-state index is 12.3. The second kappa shape index (κ2) is 9.07. The van der Waals surface area contributed by atoms with Crippen LogP contribution in [-0.2, 0) is 9.59 Å². The van der Waals surface area contributed by atoms with Crippen molar-refractivity contribution in [1.82, 2.24) is 20.4 Å². The molecular formula is C23H33N5O4. The Morgan fingerprint density at radius 2 is 1.66 bits per heavy atom. The number of nitrogens with one attached hydrogen (secondary N) is 2. The summed E-state index contributed by atoms with van der Waals surface area (Å²) in [7, 11) is 0. The molecule has 0 saturated carbocycles. The molecule has 3 unspecified atom stereocenters. The van der Waals surface area contributed by atoms with Crippen molar-refractivity contribution in [2.45, 2.75) is 44.2 Å². The average molecular weight is 444 g/mol. The largest absolute Gasteiger partial charge is 0.374 e. The number of piperidine rings is 2. The highest BCUT2D eigenvalue weighted by atomic mass is 16.3. The quantitative estimate of drug-likeness (QED) is 0.479. The van der Waals surface area contributed by atoms with E-state index in [0.29, 0.717) is 17.5 Å². The molecule has 4 N–H and O–H groups in total. The number of aliphatic hydroxyl groups excluding tert-OH is 2. The number of hydrogen-bond acceptors (Lipinski definition) is 8. The molecule has 3 atom stereocenters. The smallest absolute Gasteiger partial charge is 0.244 e. The van der Waals surface area contributed by atoms with Crippen LogP contribution in [0.5, 0.6) is 0 Å².